The first-order valence-corrected chi connectivity index (χ1v) is 9.44. The zero-order valence-corrected chi connectivity index (χ0v) is 14.9. The van der Waals surface area contributed by atoms with Crippen LogP contribution in [-0.2, 0) is 10.0 Å². The van der Waals surface area contributed by atoms with Gasteiger partial charge in [-0.3, -0.25) is 14.1 Å². The number of amides is 1. The summed E-state index contributed by atoms with van der Waals surface area (Å²) in [6, 6.07) is 8.37. The monoisotopic (exact) mass is 367 g/mol. The van der Waals surface area contributed by atoms with E-state index in [0.717, 1.165) is 6.26 Å². The Hall–Kier alpha value is -2.12. The van der Waals surface area contributed by atoms with Crippen LogP contribution in [0.2, 0.25) is 5.02 Å². The summed E-state index contributed by atoms with van der Waals surface area (Å²) in [6.45, 7) is 2.02. The smallest absolute Gasteiger partial charge is 0.252 e. The van der Waals surface area contributed by atoms with Crippen LogP contribution in [0.3, 0.4) is 0 Å². The van der Waals surface area contributed by atoms with E-state index in [1.54, 1.807) is 43.5 Å². The van der Waals surface area contributed by atoms with Gasteiger partial charge in [-0.1, -0.05) is 17.7 Å². The molecule has 1 aromatic carbocycles. The van der Waals surface area contributed by atoms with E-state index in [-0.39, 0.29) is 19.0 Å². The molecule has 0 bridgehead atoms. The van der Waals surface area contributed by atoms with Gasteiger partial charge in [0.25, 0.3) is 5.91 Å². The van der Waals surface area contributed by atoms with Crippen molar-refractivity contribution in [3.05, 3.63) is 58.9 Å². The third-order valence-electron chi connectivity index (χ3n) is 3.43. The number of halogens is 1. The SMILES string of the molecule is Cc1c(Cl)cccc1N(CCNC(=O)c1cccnc1)S(C)(=O)=O. The molecule has 1 amide bonds. The fraction of sp³-hybridized carbons (Fsp3) is 0.250. The molecule has 2 aromatic rings. The van der Waals surface area contributed by atoms with Crippen molar-refractivity contribution >= 4 is 33.2 Å². The van der Waals surface area contributed by atoms with Crippen LogP contribution in [0.25, 0.3) is 0 Å². The van der Waals surface area contributed by atoms with Gasteiger partial charge in [0.15, 0.2) is 0 Å². The van der Waals surface area contributed by atoms with Crippen LogP contribution in [-0.4, -0.2) is 38.7 Å². The van der Waals surface area contributed by atoms with Crippen molar-refractivity contribution < 1.29 is 13.2 Å². The second-order valence-corrected chi connectivity index (χ2v) is 7.53. The molecule has 0 saturated heterocycles. The Kier molecular flexibility index (Phi) is 5.80. The third kappa shape index (κ3) is 4.46. The molecular weight excluding hydrogens is 350 g/mol. The lowest BCUT2D eigenvalue weighted by Crippen LogP contribution is -2.38. The highest BCUT2D eigenvalue weighted by molar-refractivity contribution is 7.92. The Balaban J connectivity index is 2.11. The third-order valence-corrected chi connectivity index (χ3v) is 5.02. The molecule has 1 aromatic heterocycles. The van der Waals surface area contributed by atoms with Crippen molar-refractivity contribution in [2.75, 3.05) is 23.7 Å². The minimum absolute atomic E-state index is 0.103. The first-order valence-electron chi connectivity index (χ1n) is 7.22. The van der Waals surface area contributed by atoms with Crippen molar-refractivity contribution in [3.8, 4) is 0 Å². The van der Waals surface area contributed by atoms with Crippen molar-refractivity contribution in [2.24, 2.45) is 0 Å². The van der Waals surface area contributed by atoms with Gasteiger partial charge in [-0.2, -0.15) is 0 Å². The average Bonchev–Trinajstić information content (AvgIpc) is 2.54. The zero-order chi connectivity index (χ0) is 17.7. The summed E-state index contributed by atoms with van der Waals surface area (Å²) in [6.07, 6.45) is 4.14. The molecule has 0 atom stereocenters. The van der Waals surface area contributed by atoms with Gasteiger partial charge < -0.3 is 5.32 Å². The minimum Gasteiger partial charge on any atom is -0.350 e. The van der Waals surface area contributed by atoms with Crippen molar-refractivity contribution in [3.63, 3.8) is 0 Å². The summed E-state index contributed by atoms with van der Waals surface area (Å²) < 4.78 is 25.4. The maximum atomic E-state index is 12.1. The van der Waals surface area contributed by atoms with Crippen LogP contribution in [0.4, 0.5) is 5.69 Å². The van der Waals surface area contributed by atoms with Gasteiger partial charge in [-0.15, -0.1) is 0 Å². The maximum Gasteiger partial charge on any atom is 0.252 e. The molecule has 1 heterocycles. The molecule has 128 valence electrons. The van der Waals surface area contributed by atoms with Crippen molar-refractivity contribution in [2.45, 2.75) is 6.92 Å². The van der Waals surface area contributed by atoms with Gasteiger partial charge in [0.05, 0.1) is 24.1 Å². The maximum absolute atomic E-state index is 12.1. The summed E-state index contributed by atoms with van der Waals surface area (Å²) in [7, 11) is -3.51. The predicted molar refractivity (Wildman–Crippen MR) is 94.9 cm³/mol. The van der Waals surface area contributed by atoms with Crippen LogP contribution < -0.4 is 9.62 Å². The number of hydrogen-bond donors (Lipinski definition) is 1. The quantitative estimate of drug-likeness (QED) is 0.849. The topological polar surface area (TPSA) is 79.4 Å². The van der Waals surface area contributed by atoms with Crippen LogP contribution in [0.15, 0.2) is 42.7 Å². The van der Waals surface area contributed by atoms with Crippen LogP contribution >= 0.6 is 11.6 Å². The highest BCUT2D eigenvalue weighted by Crippen LogP contribution is 2.27. The molecule has 2 rings (SSSR count). The van der Waals surface area contributed by atoms with E-state index in [4.69, 9.17) is 11.6 Å². The second kappa shape index (κ2) is 7.63. The first kappa shape index (κ1) is 18.2. The van der Waals surface area contributed by atoms with E-state index in [2.05, 4.69) is 10.3 Å². The number of benzene rings is 1. The molecular formula is C16H18ClN3O3S. The molecule has 0 unspecified atom stereocenters. The van der Waals surface area contributed by atoms with E-state index < -0.39 is 10.0 Å². The Morgan fingerprint density at radius 3 is 2.67 bits per heavy atom. The van der Waals surface area contributed by atoms with Gasteiger partial charge >= 0.3 is 0 Å². The highest BCUT2D eigenvalue weighted by atomic mass is 35.5. The number of carbonyl (C=O) groups excluding carboxylic acids is 1. The number of hydrogen-bond acceptors (Lipinski definition) is 4. The van der Waals surface area contributed by atoms with Crippen molar-refractivity contribution in [1.29, 1.82) is 0 Å². The van der Waals surface area contributed by atoms with Gasteiger partial charge in [-0.25, -0.2) is 8.42 Å². The predicted octanol–water partition coefficient (Wildman–Crippen LogP) is 2.24. The number of rotatable bonds is 6. The number of aromatic nitrogens is 1. The number of nitrogens with zero attached hydrogens (tertiary/aromatic N) is 2. The molecule has 0 fully saturated rings. The van der Waals surface area contributed by atoms with Gasteiger partial charge in [0.1, 0.15) is 0 Å². The Labute approximate surface area is 146 Å². The molecule has 0 aliphatic heterocycles. The lowest BCUT2D eigenvalue weighted by molar-refractivity contribution is 0.0954. The molecule has 0 aliphatic carbocycles. The fourth-order valence-electron chi connectivity index (χ4n) is 2.20. The molecule has 0 saturated carbocycles. The van der Waals surface area contributed by atoms with E-state index >= 15 is 0 Å². The van der Waals surface area contributed by atoms with Crippen LogP contribution in [0.5, 0.6) is 0 Å². The summed E-state index contributed by atoms with van der Waals surface area (Å²) >= 11 is 6.07. The van der Waals surface area contributed by atoms with Crippen LogP contribution in [0.1, 0.15) is 15.9 Å². The summed E-state index contributed by atoms with van der Waals surface area (Å²) in [4.78, 5) is 15.9. The first-order chi connectivity index (χ1) is 11.3. The van der Waals surface area contributed by atoms with Crippen LogP contribution in [0, 0.1) is 6.92 Å². The Morgan fingerprint density at radius 1 is 1.29 bits per heavy atom. The summed E-state index contributed by atoms with van der Waals surface area (Å²) in [5, 5.41) is 3.17. The van der Waals surface area contributed by atoms with E-state index in [0.29, 0.717) is 21.8 Å². The number of anilines is 1. The van der Waals surface area contributed by atoms with E-state index in [1.807, 2.05) is 0 Å². The lowest BCUT2D eigenvalue weighted by atomic mass is 10.2. The van der Waals surface area contributed by atoms with E-state index in [9.17, 15) is 13.2 Å². The average molecular weight is 368 g/mol. The molecule has 6 nitrogen and oxygen atoms in total. The van der Waals surface area contributed by atoms with Crippen molar-refractivity contribution in [1.82, 2.24) is 10.3 Å². The second-order valence-electron chi connectivity index (χ2n) is 5.22. The van der Waals surface area contributed by atoms with Gasteiger partial charge in [-0.05, 0) is 36.8 Å². The molecule has 24 heavy (non-hydrogen) atoms. The number of sulfonamides is 1. The summed E-state index contributed by atoms with van der Waals surface area (Å²) in [5.41, 5.74) is 1.59. The molecule has 8 heteroatoms. The molecule has 0 aliphatic rings. The Bertz CT molecular complexity index is 826. The molecule has 1 N–H and O–H groups in total. The normalized spacial score (nSPS) is 11.1. The number of carbonyl (C=O) groups is 1. The minimum atomic E-state index is -3.51. The largest absolute Gasteiger partial charge is 0.350 e. The number of nitrogens with one attached hydrogen (secondary N) is 1. The standard InChI is InChI=1S/C16H18ClN3O3S/c1-12-14(17)6-3-7-15(12)20(24(2,22)23)10-9-19-16(21)13-5-4-8-18-11-13/h3-8,11H,9-10H2,1-2H3,(H,19,21). The van der Waals surface area contributed by atoms with Gasteiger partial charge in [0, 0.05) is 24.0 Å². The zero-order valence-electron chi connectivity index (χ0n) is 13.4. The highest BCUT2D eigenvalue weighted by Gasteiger charge is 2.20. The lowest BCUT2D eigenvalue weighted by Gasteiger charge is -2.24. The summed E-state index contributed by atoms with van der Waals surface area (Å²) in [5.74, 6) is -0.306. The van der Waals surface area contributed by atoms with Gasteiger partial charge in [0.2, 0.25) is 10.0 Å². The van der Waals surface area contributed by atoms with E-state index in [1.165, 1.54) is 10.5 Å². The molecule has 0 spiro atoms. The molecule has 0 radical (unpaired) electrons. The Morgan fingerprint density at radius 2 is 2.04 bits per heavy atom. The fourth-order valence-corrected chi connectivity index (χ4v) is 3.35. The number of pyridine rings is 1.